The number of para-hydroxylation sites is 2. The zero-order valence-electron chi connectivity index (χ0n) is 15.4. The van der Waals surface area contributed by atoms with Crippen LogP contribution in [0, 0.1) is 19.4 Å². The molecule has 9 heteroatoms. The third-order valence-corrected chi connectivity index (χ3v) is 3.79. The van der Waals surface area contributed by atoms with E-state index in [1.807, 2.05) is 32.0 Å². The smallest absolute Gasteiger partial charge is 0.344 e. The first-order valence-corrected chi connectivity index (χ1v) is 8.38. The van der Waals surface area contributed by atoms with Gasteiger partial charge in [-0.1, -0.05) is 18.2 Å². The van der Waals surface area contributed by atoms with Crippen LogP contribution in [0.1, 0.15) is 21.5 Å². The van der Waals surface area contributed by atoms with Crippen LogP contribution in [0.3, 0.4) is 0 Å². The predicted octanol–water partition coefficient (Wildman–Crippen LogP) is 4.00. The van der Waals surface area contributed by atoms with Crippen molar-refractivity contribution >= 4 is 28.8 Å². The van der Waals surface area contributed by atoms with Gasteiger partial charge in [-0.3, -0.25) is 4.79 Å². The Balaban J connectivity index is 1.86. The van der Waals surface area contributed by atoms with Crippen molar-refractivity contribution in [3.05, 3.63) is 65.4 Å². The Kier molecular flexibility index (Phi) is 5.45. The fourth-order valence-corrected chi connectivity index (χ4v) is 2.63. The van der Waals surface area contributed by atoms with E-state index in [2.05, 4.69) is 25.9 Å². The zero-order valence-corrected chi connectivity index (χ0v) is 15.4. The van der Waals surface area contributed by atoms with Crippen molar-refractivity contribution in [3.63, 3.8) is 0 Å². The van der Waals surface area contributed by atoms with Gasteiger partial charge in [-0.25, -0.2) is 16.0 Å². The Bertz CT molecular complexity index is 1020. The van der Waals surface area contributed by atoms with Crippen LogP contribution >= 0.6 is 0 Å². The largest absolute Gasteiger partial charge is 0.365 e. The Labute approximate surface area is 161 Å². The summed E-state index contributed by atoms with van der Waals surface area (Å²) >= 11 is 0. The van der Waals surface area contributed by atoms with Crippen LogP contribution in [0.15, 0.2) is 53.8 Å². The number of aryl methyl sites for hydroxylation is 2. The van der Waals surface area contributed by atoms with E-state index in [4.69, 9.17) is 16.1 Å². The quantitative estimate of drug-likeness (QED) is 0.362. The van der Waals surface area contributed by atoms with Crippen molar-refractivity contribution in [3.8, 4) is 6.01 Å². The monoisotopic (exact) mass is 377 g/mol. The molecule has 0 spiro atoms. The second-order valence-corrected chi connectivity index (χ2v) is 6.11. The third-order valence-electron chi connectivity index (χ3n) is 3.79. The van der Waals surface area contributed by atoms with Gasteiger partial charge in [0.2, 0.25) is 0 Å². The van der Waals surface area contributed by atoms with E-state index in [-0.39, 0.29) is 17.4 Å². The molecule has 2 aromatic carbocycles. The van der Waals surface area contributed by atoms with Crippen LogP contribution in [0.5, 0.6) is 6.01 Å². The minimum Gasteiger partial charge on any atom is -0.365 e. The van der Waals surface area contributed by atoms with E-state index in [9.17, 15) is 4.79 Å². The molecule has 142 valence electrons. The van der Waals surface area contributed by atoms with Gasteiger partial charge in [-0.05, 0) is 49.2 Å². The van der Waals surface area contributed by atoms with E-state index < -0.39 is 5.91 Å². The lowest BCUT2D eigenvalue weighted by atomic mass is 10.1. The van der Waals surface area contributed by atoms with Crippen molar-refractivity contribution in [2.24, 2.45) is 10.8 Å². The van der Waals surface area contributed by atoms with Gasteiger partial charge in [-0.15, -0.1) is 0 Å². The minimum absolute atomic E-state index is 0.0309. The average Bonchev–Trinajstić information content (AvgIpc) is 2.65. The van der Waals surface area contributed by atoms with E-state index in [1.54, 1.807) is 24.3 Å². The number of rotatable bonds is 7. The summed E-state index contributed by atoms with van der Waals surface area (Å²) in [4.78, 5) is 25.3. The van der Waals surface area contributed by atoms with Gasteiger partial charge in [0.1, 0.15) is 11.3 Å². The number of nitrogens with zero attached hydrogens (tertiary/aromatic N) is 3. The summed E-state index contributed by atoms with van der Waals surface area (Å²) in [6.45, 7) is 3.95. The van der Waals surface area contributed by atoms with Crippen LogP contribution in [0.2, 0.25) is 0 Å². The molecule has 0 aliphatic heterocycles. The number of aromatic nitrogens is 2. The molecule has 0 unspecified atom stereocenters. The second kappa shape index (κ2) is 8.12. The summed E-state index contributed by atoms with van der Waals surface area (Å²) in [6.07, 6.45) is 1.29. The molecule has 0 radical (unpaired) electrons. The molecule has 0 aliphatic carbocycles. The summed E-state index contributed by atoms with van der Waals surface area (Å²) in [6, 6.07) is 12.7. The molecule has 1 aromatic heterocycles. The Morgan fingerprint density at radius 1 is 1.18 bits per heavy atom. The molecule has 1 amide bonds. The van der Waals surface area contributed by atoms with Crippen LogP contribution in [0.25, 0.3) is 0 Å². The predicted molar refractivity (Wildman–Crippen MR) is 105 cm³/mol. The average molecular weight is 377 g/mol. The van der Waals surface area contributed by atoms with Gasteiger partial charge in [0, 0.05) is 11.9 Å². The molecule has 28 heavy (non-hydrogen) atoms. The molecule has 0 bridgehead atoms. The molecule has 0 saturated heterocycles. The molecule has 0 aliphatic rings. The maximum atomic E-state index is 11.7. The standard InChI is InChI=1S/C19H19N7O2/c1-11-7-12(2)9-13(8-11)23-18-14(17(20)27)10-22-19(24-18)28-26-16-6-4-3-5-15(16)25-21/h3-10,21,26H,1-2H3,(H2,20,27)(H,22,23,24). The minimum atomic E-state index is -0.662. The number of carbonyl (C=O) groups excluding carboxylic acids is 1. The van der Waals surface area contributed by atoms with E-state index >= 15 is 0 Å². The molecule has 9 nitrogen and oxygen atoms in total. The Morgan fingerprint density at radius 2 is 1.89 bits per heavy atom. The van der Waals surface area contributed by atoms with Gasteiger partial charge in [-0.2, -0.15) is 10.1 Å². The van der Waals surface area contributed by atoms with Gasteiger partial charge in [0.15, 0.2) is 5.82 Å². The highest BCUT2D eigenvalue weighted by Crippen LogP contribution is 2.25. The Hall–Kier alpha value is -4.01. The Morgan fingerprint density at radius 3 is 2.57 bits per heavy atom. The number of anilines is 3. The molecule has 3 rings (SSSR count). The highest BCUT2D eigenvalue weighted by molar-refractivity contribution is 5.98. The molecular weight excluding hydrogens is 358 g/mol. The maximum Gasteiger partial charge on any atom is 0.344 e. The fourth-order valence-electron chi connectivity index (χ4n) is 2.63. The van der Waals surface area contributed by atoms with Crippen molar-refractivity contribution in [2.75, 3.05) is 10.8 Å². The topological polar surface area (TPSA) is 138 Å². The lowest BCUT2D eigenvalue weighted by Gasteiger charge is -2.13. The number of nitrogens with two attached hydrogens (primary N) is 1. The van der Waals surface area contributed by atoms with Gasteiger partial charge in [0.25, 0.3) is 5.91 Å². The summed E-state index contributed by atoms with van der Waals surface area (Å²) in [5.74, 6) is -0.437. The van der Waals surface area contributed by atoms with Crippen molar-refractivity contribution < 1.29 is 9.63 Å². The zero-order chi connectivity index (χ0) is 20.1. The molecular formula is C19H19N7O2. The highest BCUT2D eigenvalue weighted by Gasteiger charge is 2.14. The number of hydrogen-bond donors (Lipinski definition) is 4. The van der Waals surface area contributed by atoms with Crippen LogP contribution in [-0.2, 0) is 0 Å². The molecule has 0 saturated carbocycles. The van der Waals surface area contributed by atoms with Crippen molar-refractivity contribution in [1.82, 2.24) is 9.97 Å². The first-order valence-electron chi connectivity index (χ1n) is 8.38. The molecule has 0 fully saturated rings. The summed E-state index contributed by atoms with van der Waals surface area (Å²) in [7, 11) is 0. The number of hydrogen-bond acceptors (Lipinski definition) is 8. The maximum absolute atomic E-state index is 11.7. The van der Waals surface area contributed by atoms with Crippen LogP contribution < -0.4 is 21.4 Å². The van der Waals surface area contributed by atoms with Gasteiger partial charge >= 0.3 is 6.01 Å². The number of benzene rings is 2. The first kappa shape index (κ1) is 18.8. The molecule has 3 aromatic rings. The second-order valence-electron chi connectivity index (χ2n) is 6.11. The van der Waals surface area contributed by atoms with Gasteiger partial charge < -0.3 is 15.9 Å². The molecule has 0 atom stereocenters. The number of primary amides is 1. The number of nitrogens with one attached hydrogen (secondary N) is 3. The lowest BCUT2D eigenvalue weighted by molar-refractivity contribution is 0.100. The highest BCUT2D eigenvalue weighted by atomic mass is 16.7. The van der Waals surface area contributed by atoms with E-state index in [0.29, 0.717) is 11.4 Å². The lowest BCUT2D eigenvalue weighted by Crippen LogP contribution is -2.16. The van der Waals surface area contributed by atoms with Crippen molar-refractivity contribution in [2.45, 2.75) is 13.8 Å². The first-order chi connectivity index (χ1) is 13.5. The number of amides is 1. The number of carbonyl (C=O) groups is 1. The van der Waals surface area contributed by atoms with Crippen molar-refractivity contribution in [1.29, 1.82) is 5.53 Å². The van der Waals surface area contributed by atoms with Crippen LogP contribution in [0.4, 0.5) is 22.9 Å². The van der Waals surface area contributed by atoms with E-state index in [0.717, 1.165) is 16.8 Å². The molecule has 5 N–H and O–H groups in total. The third kappa shape index (κ3) is 4.39. The molecule has 1 heterocycles. The van der Waals surface area contributed by atoms with E-state index in [1.165, 1.54) is 6.20 Å². The normalized spacial score (nSPS) is 10.2. The van der Waals surface area contributed by atoms with Gasteiger partial charge in [0.05, 0.1) is 5.69 Å². The fraction of sp³-hybridized carbons (Fsp3) is 0.105. The van der Waals surface area contributed by atoms with Crippen LogP contribution in [-0.4, -0.2) is 15.9 Å². The summed E-state index contributed by atoms with van der Waals surface area (Å²) < 4.78 is 0. The summed E-state index contributed by atoms with van der Waals surface area (Å²) in [5, 5.41) is 6.49. The SMILES string of the molecule is Cc1cc(C)cc(Nc2nc(ONc3ccccc3N=N)ncc2C(N)=O)c1. The summed E-state index contributed by atoms with van der Waals surface area (Å²) in [5.41, 5.74) is 19.1.